The van der Waals surface area contributed by atoms with E-state index in [9.17, 15) is 0 Å². The van der Waals surface area contributed by atoms with Crippen molar-refractivity contribution in [1.29, 1.82) is 0 Å². The highest BCUT2D eigenvalue weighted by Gasteiger charge is 2.15. The number of likely N-dealkylation sites (N-methyl/N-ethyl adjacent to an activating group) is 1. The summed E-state index contributed by atoms with van der Waals surface area (Å²) in [5, 5.41) is 8.39. The van der Waals surface area contributed by atoms with Crippen LogP contribution in [-0.2, 0) is 13.0 Å². The molecule has 0 spiro atoms. The van der Waals surface area contributed by atoms with Gasteiger partial charge < -0.3 is 5.32 Å². The molecular formula is C14H17BrClN3. The van der Waals surface area contributed by atoms with Crippen molar-refractivity contribution >= 4 is 27.5 Å². The lowest BCUT2D eigenvalue weighted by atomic mass is 10.0. The normalized spacial score (nSPS) is 12.6. The van der Waals surface area contributed by atoms with Crippen LogP contribution in [0, 0.1) is 0 Å². The molecular weight excluding hydrogens is 326 g/mol. The lowest BCUT2D eigenvalue weighted by Gasteiger charge is -2.18. The summed E-state index contributed by atoms with van der Waals surface area (Å²) in [6.45, 7) is 2.97. The van der Waals surface area contributed by atoms with Gasteiger partial charge in [-0.15, -0.1) is 0 Å². The fourth-order valence-electron chi connectivity index (χ4n) is 2.08. The zero-order valence-electron chi connectivity index (χ0n) is 11.0. The van der Waals surface area contributed by atoms with Crippen LogP contribution in [0.5, 0.6) is 0 Å². The van der Waals surface area contributed by atoms with Crippen LogP contribution in [0.4, 0.5) is 0 Å². The minimum atomic E-state index is 0.180. The third-order valence-electron chi connectivity index (χ3n) is 3.16. The minimum absolute atomic E-state index is 0.180. The summed E-state index contributed by atoms with van der Waals surface area (Å²) in [4.78, 5) is 0. The maximum absolute atomic E-state index is 6.36. The first kappa shape index (κ1) is 14.6. The number of hydrogen-bond donors (Lipinski definition) is 1. The van der Waals surface area contributed by atoms with Crippen LogP contribution in [0.1, 0.15) is 24.1 Å². The Bertz CT molecular complexity index is 553. The summed E-state index contributed by atoms with van der Waals surface area (Å²) >= 11 is 9.83. The molecule has 0 amide bonds. The second-order valence-electron chi connectivity index (χ2n) is 4.39. The molecule has 0 saturated carbocycles. The maximum atomic E-state index is 6.36. The number of nitrogens with one attached hydrogen (secondary N) is 1. The molecule has 1 unspecified atom stereocenters. The standard InChI is InChI=1S/C14H17BrClN3/c1-3-19-9-10(8-18-19)7-13(17-2)11-5-4-6-12(15)14(11)16/h4-6,8-9,13,17H,3,7H2,1-2H3. The Morgan fingerprint density at radius 2 is 2.26 bits per heavy atom. The molecule has 3 nitrogen and oxygen atoms in total. The molecule has 0 fully saturated rings. The molecule has 0 saturated heterocycles. The van der Waals surface area contributed by atoms with Gasteiger partial charge >= 0.3 is 0 Å². The van der Waals surface area contributed by atoms with Gasteiger partial charge in [0.15, 0.2) is 0 Å². The number of benzene rings is 1. The van der Waals surface area contributed by atoms with Crippen LogP contribution in [0.15, 0.2) is 35.1 Å². The Morgan fingerprint density at radius 3 is 2.89 bits per heavy atom. The minimum Gasteiger partial charge on any atom is -0.313 e. The van der Waals surface area contributed by atoms with Crippen molar-refractivity contribution in [2.75, 3.05) is 7.05 Å². The number of aromatic nitrogens is 2. The van der Waals surface area contributed by atoms with Crippen LogP contribution in [0.25, 0.3) is 0 Å². The summed E-state index contributed by atoms with van der Waals surface area (Å²) in [5.74, 6) is 0. The molecule has 0 aliphatic carbocycles. The van der Waals surface area contributed by atoms with E-state index in [0.717, 1.165) is 28.0 Å². The van der Waals surface area contributed by atoms with Gasteiger partial charge in [0.2, 0.25) is 0 Å². The number of halogens is 2. The third kappa shape index (κ3) is 3.38. The zero-order chi connectivity index (χ0) is 13.8. The highest BCUT2D eigenvalue weighted by Crippen LogP contribution is 2.31. The van der Waals surface area contributed by atoms with E-state index in [0.29, 0.717) is 0 Å². The van der Waals surface area contributed by atoms with Gasteiger partial charge in [-0.05, 0) is 53.5 Å². The molecule has 1 aromatic heterocycles. The predicted octanol–water partition coefficient (Wildman–Crippen LogP) is 3.82. The highest BCUT2D eigenvalue weighted by molar-refractivity contribution is 9.10. The van der Waals surface area contributed by atoms with E-state index in [4.69, 9.17) is 11.6 Å². The topological polar surface area (TPSA) is 29.9 Å². The van der Waals surface area contributed by atoms with Crippen molar-refractivity contribution in [2.24, 2.45) is 0 Å². The molecule has 1 N–H and O–H groups in total. The molecule has 102 valence electrons. The van der Waals surface area contributed by atoms with E-state index in [-0.39, 0.29) is 6.04 Å². The summed E-state index contributed by atoms with van der Waals surface area (Å²) < 4.78 is 2.86. The number of hydrogen-bond acceptors (Lipinski definition) is 2. The Morgan fingerprint density at radius 1 is 1.47 bits per heavy atom. The lowest BCUT2D eigenvalue weighted by molar-refractivity contribution is 0.590. The zero-order valence-corrected chi connectivity index (χ0v) is 13.4. The Balaban J connectivity index is 2.22. The fourth-order valence-corrected chi connectivity index (χ4v) is 2.72. The first-order valence-corrected chi connectivity index (χ1v) is 7.45. The van der Waals surface area contributed by atoms with E-state index in [1.54, 1.807) is 0 Å². The molecule has 2 rings (SSSR count). The SMILES string of the molecule is CCn1cc(CC(NC)c2cccc(Br)c2Cl)cn1. The van der Waals surface area contributed by atoms with Gasteiger partial charge in [-0.2, -0.15) is 5.10 Å². The first-order chi connectivity index (χ1) is 9.15. The summed E-state index contributed by atoms with van der Waals surface area (Å²) in [7, 11) is 1.95. The molecule has 0 aliphatic rings. The fraction of sp³-hybridized carbons (Fsp3) is 0.357. The largest absolute Gasteiger partial charge is 0.313 e. The van der Waals surface area contributed by atoms with Gasteiger partial charge in [0.05, 0.1) is 11.2 Å². The van der Waals surface area contributed by atoms with Gasteiger partial charge in [-0.3, -0.25) is 4.68 Å². The molecule has 5 heteroatoms. The molecule has 19 heavy (non-hydrogen) atoms. The van der Waals surface area contributed by atoms with Crippen LogP contribution >= 0.6 is 27.5 Å². The van der Waals surface area contributed by atoms with Crippen molar-refractivity contribution in [3.8, 4) is 0 Å². The van der Waals surface area contributed by atoms with E-state index in [2.05, 4.69) is 45.5 Å². The Hall–Kier alpha value is -0.840. The third-order valence-corrected chi connectivity index (χ3v) is 4.47. The van der Waals surface area contributed by atoms with E-state index in [1.807, 2.05) is 30.1 Å². The van der Waals surface area contributed by atoms with Gasteiger partial charge in [0, 0.05) is 23.3 Å². The van der Waals surface area contributed by atoms with Crippen molar-refractivity contribution in [1.82, 2.24) is 15.1 Å². The molecule has 0 bridgehead atoms. The second-order valence-corrected chi connectivity index (χ2v) is 5.63. The Labute approximate surface area is 127 Å². The van der Waals surface area contributed by atoms with Crippen molar-refractivity contribution < 1.29 is 0 Å². The quantitative estimate of drug-likeness (QED) is 0.895. The van der Waals surface area contributed by atoms with Crippen LogP contribution in [0.3, 0.4) is 0 Å². The first-order valence-electron chi connectivity index (χ1n) is 6.28. The molecule has 0 radical (unpaired) electrons. The smallest absolute Gasteiger partial charge is 0.0595 e. The highest BCUT2D eigenvalue weighted by atomic mass is 79.9. The van der Waals surface area contributed by atoms with E-state index < -0.39 is 0 Å². The lowest BCUT2D eigenvalue weighted by Crippen LogP contribution is -2.19. The summed E-state index contributed by atoms with van der Waals surface area (Å²) in [5.41, 5.74) is 2.31. The average molecular weight is 343 g/mol. The van der Waals surface area contributed by atoms with Gasteiger partial charge in [0.1, 0.15) is 0 Å². The summed E-state index contributed by atoms with van der Waals surface area (Å²) in [6.07, 6.45) is 4.86. The molecule has 0 aliphatic heterocycles. The molecule has 1 atom stereocenters. The van der Waals surface area contributed by atoms with Crippen LogP contribution in [0.2, 0.25) is 5.02 Å². The van der Waals surface area contributed by atoms with Gasteiger partial charge in [0.25, 0.3) is 0 Å². The maximum Gasteiger partial charge on any atom is 0.0595 e. The summed E-state index contributed by atoms with van der Waals surface area (Å²) in [6, 6.07) is 6.19. The van der Waals surface area contributed by atoms with Crippen molar-refractivity contribution in [2.45, 2.75) is 25.9 Å². The van der Waals surface area contributed by atoms with Crippen LogP contribution < -0.4 is 5.32 Å². The molecule has 2 aromatic rings. The number of aryl methyl sites for hydroxylation is 1. The molecule has 1 aromatic carbocycles. The second kappa shape index (κ2) is 6.55. The average Bonchev–Trinajstić information content (AvgIpc) is 2.87. The number of nitrogens with zero attached hydrogens (tertiary/aromatic N) is 2. The predicted molar refractivity (Wildman–Crippen MR) is 82.6 cm³/mol. The Kier molecular flexibility index (Phi) is 5.02. The van der Waals surface area contributed by atoms with Crippen LogP contribution in [-0.4, -0.2) is 16.8 Å². The van der Waals surface area contributed by atoms with E-state index in [1.165, 1.54) is 5.56 Å². The molecule has 1 heterocycles. The number of rotatable bonds is 5. The van der Waals surface area contributed by atoms with Gasteiger partial charge in [-0.1, -0.05) is 23.7 Å². The van der Waals surface area contributed by atoms with E-state index >= 15 is 0 Å². The van der Waals surface area contributed by atoms with Crippen molar-refractivity contribution in [3.05, 3.63) is 51.2 Å². The van der Waals surface area contributed by atoms with Gasteiger partial charge in [-0.25, -0.2) is 0 Å². The van der Waals surface area contributed by atoms with Crippen molar-refractivity contribution in [3.63, 3.8) is 0 Å². The monoisotopic (exact) mass is 341 g/mol.